The Morgan fingerprint density at radius 1 is 0.415 bits per heavy atom. The zero-order valence-corrected chi connectivity index (χ0v) is 30.3. The van der Waals surface area contributed by atoms with E-state index >= 15 is 0 Å². The molecule has 53 heavy (non-hydrogen) atoms. The molecule has 1 aromatic heterocycles. The number of hydrogen-bond acceptors (Lipinski definition) is 2. The van der Waals surface area contributed by atoms with E-state index in [1.807, 2.05) is 11.3 Å². The highest BCUT2D eigenvalue weighted by molar-refractivity contribution is 7.26. The van der Waals surface area contributed by atoms with E-state index in [0.29, 0.717) is 0 Å². The van der Waals surface area contributed by atoms with E-state index in [9.17, 15) is 0 Å². The number of fused-ring (bicyclic) bond motifs is 4. The van der Waals surface area contributed by atoms with Crippen LogP contribution in [0.5, 0.6) is 0 Å². The van der Waals surface area contributed by atoms with Gasteiger partial charge in [0.1, 0.15) is 0 Å². The van der Waals surface area contributed by atoms with Gasteiger partial charge in [0.15, 0.2) is 0 Å². The molecule has 0 N–H and O–H groups in total. The molecule has 10 aromatic rings. The fraction of sp³-hybridized carbons (Fsp3) is 0.0588. The Hall–Kier alpha value is -6.22. The van der Waals surface area contributed by atoms with Gasteiger partial charge in [-0.15, -0.1) is 11.3 Å². The topological polar surface area (TPSA) is 3.24 Å². The Bertz CT molecular complexity index is 3180. The fourth-order valence-electron chi connectivity index (χ4n) is 9.71. The summed E-state index contributed by atoms with van der Waals surface area (Å²) in [4.78, 5) is 2.52. The molecule has 0 fully saturated rings. The van der Waals surface area contributed by atoms with Gasteiger partial charge in [-0.05, 0) is 102 Å². The molecule has 0 atom stereocenters. The van der Waals surface area contributed by atoms with Crippen LogP contribution >= 0.6 is 11.3 Å². The summed E-state index contributed by atoms with van der Waals surface area (Å²) in [6.45, 7) is 4.75. The van der Waals surface area contributed by atoms with Crippen LogP contribution in [0.15, 0.2) is 164 Å². The number of thiophene rings is 1. The molecule has 0 unspecified atom stereocenters. The van der Waals surface area contributed by atoms with Crippen molar-refractivity contribution in [2.45, 2.75) is 19.3 Å². The van der Waals surface area contributed by atoms with Crippen molar-refractivity contribution in [3.63, 3.8) is 0 Å². The summed E-state index contributed by atoms with van der Waals surface area (Å²) in [7, 11) is 0. The lowest BCUT2D eigenvalue weighted by Gasteiger charge is -2.29. The Kier molecular flexibility index (Phi) is 5.78. The van der Waals surface area contributed by atoms with Gasteiger partial charge in [-0.25, -0.2) is 0 Å². The molecule has 0 amide bonds. The average Bonchev–Trinajstić information content (AvgIpc) is 3.64. The van der Waals surface area contributed by atoms with Gasteiger partial charge in [-0.1, -0.05) is 141 Å². The van der Waals surface area contributed by atoms with Gasteiger partial charge in [-0.2, -0.15) is 0 Å². The SMILES string of the molecule is CC1(C)c2ccccc2-c2ccc(N(c3ccc(-c4ccccc4)cc3)c3cc4sc5ccc6ccc7cccc8c7c6c5c4c4c-8cccc34)cc21. The third kappa shape index (κ3) is 3.91. The largest absolute Gasteiger partial charge is 0.310 e. The summed E-state index contributed by atoms with van der Waals surface area (Å²) in [6, 6.07) is 61.5. The van der Waals surface area contributed by atoms with Crippen molar-refractivity contribution in [3.05, 3.63) is 175 Å². The molecule has 0 radical (unpaired) electrons. The minimum absolute atomic E-state index is 0.107. The van der Waals surface area contributed by atoms with Crippen LogP contribution in [-0.2, 0) is 5.41 Å². The highest BCUT2D eigenvalue weighted by Gasteiger charge is 2.36. The molecule has 12 rings (SSSR count). The predicted molar refractivity (Wildman–Crippen MR) is 229 cm³/mol. The van der Waals surface area contributed by atoms with Crippen molar-refractivity contribution >= 4 is 80.9 Å². The molecular formula is C51H33NS. The molecule has 9 aromatic carbocycles. The van der Waals surface area contributed by atoms with Crippen LogP contribution in [0.4, 0.5) is 17.1 Å². The lowest BCUT2D eigenvalue weighted by molar-refractivity contribution is 0.660. The highest BCUT2D eigenvalue weighted by Crippen LogP contribution is 2.55. The Morgan fingerprint density at radius 2 is 1.06 bits per heavy atom. The second-order valence-corrected chi connectivity index (χ2v) is 16.3. The van der Waals surface area contributed by atoms with Crippen molar-refractivity contribution in [1.82, 2.24) is 0 Å². The molecule has 0 aliphatic heterocycles. The van der Waals surface area contributed by atoms with Crippen LogP contribution in [0.1, 0.15) is 25.0 Å². The summed E-state index contributed by atoms with van der Waals surface area (Å²) in [5.41, 5.74) is 13.9. The van der Waals surface area contributed by atoms with E-state index in [4.69, 9.17) is 0 Å². The predicted octanol–water partition coefficient (Wildman–Crippen LogP) is 14.9. The summed E-state index contributed by atoms with van der Waals surface area (Å²) in [5.74, 6) is 0. The highest BCUT2D eigenvalue weighted by atomic mass is 32.1. The fourth-order valence-corrected chi connectivity index (χ4v) is 10.9. The van der Waals surface area contributed by atoms with E-state index in [2.05, 4.69) is 183 Å². The molecule has 2 heteroatoms. The van der Waals surface area contributed by atoms with Crippen molar-refractivity contribution in [3.8, 4) is 33.4 Å². The molecule has 0 saturated heterocycles. The zero-order valence-electron chi connectivity index (χ0n) is 29.4. The quantitative estimate of drug-likeness (QED) is 0.166. The maximum absolute atomic E-state index is 2.52. The first-order valence-electron chi connectivity index (χ1n) is 18.5. The summed E-state index contributed by atoms with van der Waals surface area (Å²) >= 11 is 1.93. The Morgan fingerprint density at radius 3 is 1.91 bits per heavy atom. The number of benzene rings is 9. The normalized spacial score (nSPS) is 13.6. The van der Waals surface area contributed by atoms with E-state index < -0.39 is 0 Å². The average molecular weight is 692 g/mol. The third-order valence-electron chi connectivity index (χ3n) is 12.2. The summed E-state index contributed by atoms with van der Waals surface area (Å²) in [5, 5.41) is 10.8. The van der Waals surface area contributed by atoms with E-state index in [1.54, 1.807) is 0 Å². The minimum Gasteiger partial charge on any atom is -0.310 e. The van der Waals surface area contributed by atoms with E-state index in [-0.39, 0.29) is 5.41 Å². The minimum atomic E-state index is -0.107. The molecular weight excluding hydrogens is 659 g/mol. The van der Waals surface area contributed by atoms with Gasteiger partial charge >= 0.3 is 0 Å². The summed E-state index contributed by atoms with van der Waals surface area (Å²) in [6.07, 6.45) is 0. The summed E-state index contributed by atoms with van der Waals surface area (Å²) < 4.78 is 2.67. The van der Waals surface area contributed by atoms with Gasteiger partial charge < -0.3 is 4.90 Å². The van der Waals surface area contributed by atoms with Crippen LogP contribution < -0.4 is 4.90 Å². The monoisotopic (exact) mass is 691 g/mol. The molecule has 2 aliphatic carbocycles. The van der Waals surface area contributed by atoms with Crippen molar-refractivity contribution < 1.29 is 0 Å². The maximum Gasteiger partial charge on any atom is 0.0554 e. The van der Waals surface area contributed by atoms with Gasteiger partial charge in [0.25, 0.3) is 0 Å². The third-order valence-corrected chi connectivity index (χ3v) is 13.3. The van der Waals surface area contributed by atoms with E-state index in [1.165, 1.54) is 108 Å². The standard InChI is InChI=1S/C51H33NS/c1-51(2)41-17-7-6-13-36(41)37-26-25-35(28-42(37)51)52(34-23-20-31(21-24-34)30-10-4-3-5-11-30)43-29-45-50-48-39(15-9-16-40(43)48)38-14-8-12-32-18-19-33-22-27-44(53-45)49(50)47(33)46(32)38/h3-29H,1-2H3. The van der Waals surface area contributed by atoms with Crippen LogP contribution in [0.25, 0.3) is 85.9 Å². The molecule has 0 spiro atoms. The smallest absolute Gasteiger partial charge is 0.0554 e. The van der Waals surface area contributed by atoms with Crippen LogP contribution in [0.3, 0.4) is 0 Å². The first kappa shape index (κ1) is 29.4. The van der Waals surface area contributed by atoms with Crippen molar-refractivity contribution in [2.75, 3.05) is 4.90 Å². The number of hydrogen-bond donors (Lipinski definition) is 0. The number of nitrogens with zero attached hydrogens (tertiary/aromatic N) is 1. The second-order valence-electron chi connectivity index (χ2n) is 15.3. The van der Waals surface area contributed by atoms with Crippen molar-refractivity contribution in [2.24, 2.45) is 0 Å². The molecule has 2 aliphatic rings. The Balaban J connectivity index is 1.18. The van der Waals surface area contributed by atoms with Crippen LogP contribution in [0.2, 0.25) is 0 Å². The lowest BCUT2D eigenvalue weighted by atomic mass is 9.82. The molecule has 0 bridgehead atoms. The van der Waals surface area contributed by atoms with Crippen LogP contribution in [-0.4, -0.2) is 0 Å². The second kappa shape index (κ2) is 10.4. The van der Waals surface area contributed by atoms with Crippen LogP contribution in [0, 0.1) is 0 Å². The first-order chi connectivity index (χ1) is 26.0. The van der Waals surface area contributed by atoms with Crippen molar-refractivity contribution in [1.29, 1.82) is 0 Å². The molecule has 1 nitrogen and oxygen atoms in total. The maximum atomic E-state index is 2.52. The van der Waals surface area contributed by atoms with Gasteiger partial charge in [-0.3, -0.25) is 0 Å². The van der Waals surface area contributed by atoms with Gasteiger partial charge in [0, 0.05) is 47.7 Å². The van der Waals surface area contributed by atoms with E-state index in [0.717, 1.165) is 5.69 Å². The lowest BCUT2D eigenvalue weighted by Crippen LogP contribution is -2.16. The molecule has 248 valence electrons. The molecule has 0 saturated carbocycles. The van der Waals surface area contributed by atoms with Gasteiger partial charge in [0.05, 0.1) is 5.69 Å². The zero-order chi connectivity index (χ0) is 35.0. The number of rotatable bonds is 4. The van der Waals surface area contributed by atoms with Gasteiger partial charge in [0.2, 0.25) is 0 Å². The Labute approximate surface area is 312 Å². The number of anilines is 3. The molecule has 1 heterocycles. The first-order valence-corrected chi connectivity index (χ1v) is 19.3.